The average molecular weight is 192 g/mol. The van der Waals surface area contributed by atoms with Crippen LogP contribution in [0.3, 0.4) is 0 Å². The van der Waals surface area contributed by atoms with Gasteiger partial charge in [-0.1, -0.05) is 0 Å². The number of hydrogen-bond donors (Lipinski definition) is 1. The van der Waals surface area contributed by atoms with Crippen molar-refractivity contribution >= 4 is 55.2 Å². The first-order valence-corrected chi connectivity index (χ1v) is 3.56. The van der Waals surface area contributed by atoms with Gasteiger partial charge in [0.05, 0.1) is 0 Å². The first kappa shape index (κ1) is 11.1. The van der Waals surface area contributed by atoms with Gasteiger partial charge in [0, 0.05) is 10.6 Å². The summed E-state index contributed by atoms with van der Waals surface area (Å²) < 4.78 is 0. The summed E-state index contributed by atoms with van der Waals surface area (Å²) in [4.78, 5) is 0.928. The van der Waals surface area contributed by atoms with Crippen LogP contribution in [0.25, 0.3) is 0 Å². The second kappa shape index (κ2) is 5.73. The van der Waals surface area contributed by atoms with Gasteiger partial charge in [-0.25, -0.2) is 0 Å². The van der Waals surface area contributed by atoms with Crippen LogP contribution >= 0.6 is 11.8 Å². The van der Waals surface area contributed by atoms with E-state index in [0.29, 0.717) is 0 Å². The maximum atomic E-state index is 8.27. The summed E-state index contributed by atoms with van der Waals surface area (Å²) in [5.41, 5.74) is 6.16. The van der Waals surface area contributed by atoms with Crippen LogP contribution in [-0.2, 0) is 0 Å². The predicted molar refractivity (Wildman–Crippen MR) is 50.9 cm³/mol. The Labute approximate surface area is 99.8 Å². The molecule has 1 aromatic rings. The molecule has 0 fully saturated rings. The second-order valence-electron chi connectivity index (χ2n) is 1.76. The number of benzene rings is 1. The number of thiocyanates is 1. The molecule has 0 bridgehead atoms. The van der Waals surface area contributed by atoms with Crippen LogP contribution in [0, 0.1) is 10.7 Å². The Morgan fingerprint density at radius 1 is 1.27 bits per heavy atom. The Kier molecular flexibility index (Phi) is 5.79. The zero-order valence-corrected chi connectivity index (χ0v) is 6.06. The molecule has 0 aliphatic carbocycles. The van der Waals surface area contributed by atoms with E-state index >= 15 is 0 Å². The molecule has 0 spiro atoms. The Hall–Kier alpha value is 0.120. The van der Waals surface area contributed by atoms with E-state index in [-0.39, 0.29) is 37.7 Å². The molecule has 0 saturated heterocycles. The maximum absolute atomic E-state index is 8.27. The van der Waals surface area contributed by atoms with Crippen LogP contribution in [0.1, 0.15) is 0 Å². The third-order valence-corrected chi connectivity index (χ3v) is 1.64. The molecule has 0 aromatic heterocycles. The fourth-order valence-corrected chi connectivity index (χ4v) is 0.966. The molecule has 0 saturated carbocycles. The van der Waals surface area contributed by atoms with Crippen LogP contribution < -0.4 is 5.73 Å². The number of nitrogens with zero attached hydrogens (tertiary/aromatic N) is 1. The van der Waals surface area contributed by atoms with Gasteiger partial charge in [-0.2, -0.15) is 5.26 Å². The molecule has 0 radical (unpaired) electrons. The molecule has 0 amide bonds. The van der Waals surface area contributed by atoms with Gasteiger partial charge in [-0.3, -0.25) is 0 Å². The molecule has 1 aromatic carbocycles. The van der Waals surface area contributed by atoms with Crippen molar-refractivity contribution in [3.05, 3.63) is 24.3 Å². The topological polar surface area (TPSA) is 49.8 Å². The fourth-order valence-electron chi connectivity index (χ4n) is 0.589. The number of nitrogen functional groups attached to an aromatic ring is 1. The van der Waals surface area contributed by atoms with Gasteiger partial charge >= 0.3 is 37.7 Å². The van der Waals surface area contributed by atoms with Crippen molar-refractivity contribution in [3.63, 3.8) is 0 Å². The number of nitriles is 1. The first-order valence-electron chi connectivity index (χ1n) is 2.74. The van der Waals surface area contributed by atoms with Crippen LogP contribution in [0.5, 0.6) is 0 Å². The van der Waals surface area contributed by atoms with Crippen molar-refractivity contribution in [2.45, 2.75) is 4.90 Å². The minimum absolute atomic E-state index is 0. The van der Waals surface area contributed by atoms with Gasteiger partial charge in [0.2, 0.25) is 0 Å². The summed E-state index contributed by atoms with van der Waals surface area (Å²) >= 11 is 1.13. The van der Waals surface area contributed by atoms with Crippen molar-refractivity contribution in [3.8, 4) is 5.40 Å². The van der Waals surface area contributed by atoms with Crippen molar-refractivity contribution in [2.24, 2.45) is 0 Å². The average Bonchev–Trinajstić information content (AvgIpc) is 1.95. The van der Waals surface area contributed by atoms with Crippen molar-refractivity contribution in [1.29, 1.82) is 5.26 Å². The summed E-state index contributed by atoms with van der Waals surface area (Å²) in [6.07, 6.45) is 0. The standard InChI is InChI=1S/C7H6N2S.Ca.2H/c8-5-10-7-3-1-6(9)2-4-7;;;/h1-4H,9H2;;;. The van der Waals surface area contributed by atoms with Gasteiger partial charge in [-0.15, -0.1) is 0 Å². The van der Waals surface area contributed by atoms with E-state index in [4.69, 9.17) is 11.0 Å². The molecule has 4 heteroatoms. The van der Waals surface area contributed by atoms with Gasteiger partial charge in [0.25, 0.3) is 0 Å². The fraction of sp³-hybridized carbons (Fsp3) is 0. The SMILES string of the molecule is N#CSc1ccc(N)cc1.[CaH2]. The zero-order valence-electron chi connectivity index (χ0n) is 5.24. The molecule has 0 heterocycles. The molecule has 0 aliphatic rings. The molecule has 2 N–H and O–H groups in total. The molecule has 11 heavy (non-hydrogen) atoms. The van der Waals surface area contributed by atoms with Crippen LogP contribution in [-0.4, -0.2) is 37.7 Å². The number of nitrogens with two attached hydrogens (primary N) is 1. The Balaban J connectivity index is 0.000001000. The van der Waals surface area contributed by atoms with E-state index < -0.39 is 0 Å². The normalized spacial score (nSPS) is 7.91. The monoisotopic (exact) mass is 192 g/mol. The predicted octanol–water partition coefficient (Wildman–Crippen LogP) is 0.926. The molecule has 54 valence electrons. The van der Waals surface area contributed by atoms with E-state index in [0.717, 1.165) is 22.3 Å². The van der Waals surface area contributed by atoms with Gasteiger partial charge in [-0.05, 0) is 36.0 Å². The summed E-state index contributed by atoms with van der Waals surface area (Å²) in [6.45, 7) is 0. The molecular formula is C7H8CaN2S. The molecule has 1 rings (SSSR count). The van der Waals surface area contributed by atoms with E-state index in [1.54, 1.807) is 12.1 Å². The van der Waals surface area contributed by atoms with E-state index in [1.807, 2.05) is 17.5 Å². The minimum atomic E-state index is 0. The van der Waals surface area contributed by atoms with E-state index in [2.05, 4.69) is 0 Å². The molecule has 2 nitrogen and oxygen atoms in total. The van der Waals surface area contributed by atoms with Crippen LogP contribution in [0.2, 0.25) is 0 Å². The molecule has 0 aliphatic heterocycles. The van der Waals surface area contributed by atoms with E-state index in [9.17, 15) is 0 Å². The summed E-state index contributed by atoms with van der Waals surface area (Å²) in [6, 6.07) is 7.20. The van der Waals surface area contributed by atoms with E-state index in [1.165, 1.54) is 0 Å². The van der Waals surface area contributed by atoms with Crippen molar-refractivity contribution < 1.29 is 0 Å². The Morgan fingerprint density at radius 3 is 2.27 bits per heavy atom. The Bertz CT molecular complexity index is 252. The molecule has 0 unspecified atom stereocenters. The first-order chi connectivity index (χ1) is 4.83. The summed E-state index contributed by atoms with van der Waals surface area (Å²) in [7, 11) is 0. The number of rotatable bonds is 1. The third kappa shape index (κ3) is 3.88. The third-order valence-electron chi connectivity index (χ3n) is 1.04. The summed E-state index contributed by atoms with van der Waals surface area (Å²) in [5, 5.41) is 10.2. The van der Waals surface area contributed by atoms with Crippen LogP contribution in [0.4, 0.5) is 5.69 Å². The number of thioether (sulfide) groups is 1. The summed E-state index contributed by atoms with van der Waals surface area (Å²) in [5.74, 6) is 0. The van der Waals surface area contributed by atoms with Gasteiger partial charge < -0.3 is 5.73 Å². The van der Waals surface area contributed by atoms with Crippen molar-refractivity contribution in [2.75, 3.05) is 5.73 Å². The zero-order chi connectivity index (χ0) is 7.40. The second-order valence-corrected chi connectivity index (χ2v) is 2.62. The molecule has 0 atom stereocenters. The molecular weight excluding hydrogens is 184 g/mol. The Morgan fingerprint density at radius 2 is 1.82 bits per heavy atom. The number of hydrogen-bond acceptors (Lipinski definition) is 3. The van der Waals surface area contributed by atoms with Crippen LogP contribution in [0.15, 0.2) is 29.2 Å². The number of anilines is 1. The van der Waals surface area contributed by atoms with Gasteiger partial charge in [0.1, 0.15) is 5.40 Å². The van der Waals surface area contributed by atoms with Crippen molar-refractivity contribution in [1.82, 2.24) is 0 Å². The van der Waals surface area contributed by atoms with Gasteiger partial charge in [0.15, 0.2) is 0 Å². The quantitative estimate of drug-likeness (QED) is 0.311.